The molecule has 0 bridgehead atoms. The van der Waals surface area contributed by atoms with Crippen LogP contribution in [0.2, 0.25) is 0 Å². The lowest BCUT2D eigenvalue weighted by Crippen LogP contribution is -2.23. The number of amides is 1. The molecule has 0 atom stereocenters. The zero-order valence-corrected chi connectivity index (χ0v) is 13.3. The van der Waals surface area contributed by atoms with E-state index in [0.29, 0.717) is 11.5 Å². The number of nitrogens with one attached hydrogen (secondary N) is 3. The van der Waals surface area contributed by atoms with Crippen molar-refractivity contribution in [3.63, 3.8) is 0 Å². The number of aromatic nitrogens is 4. The molecule has 1 aromatic rings. The van der Waals surface area contributed by atoms with Gasteiger partial charge in [-0.3, -0.25) is 14.9 Å². The highest BCUT2D eigenvalue weighted by Gasteiger charge is 2.19. The van der Waals surface area contributed by atoms with Crippen molar-refractivity contribution < 1.29 is 4.79 Å². The molecule has 3 aliphatic rings. The number of carbonyl (C=O) groups is 1. The molecule has 0 spiro atoms. The molecule has 1 aromatic heterocycles. The van der Waals surface area contributed by atoms with Crippen LogP contribution >= 0.6 is 0 Å². The van der Waals surface area contributed by atoms with Gasteiger partial charge in [0, 0.05) is 37.1 Å². The molecular formula is C17H18N6O. The molecule has 0 fully saturated rings. The van der Waals surface area contributed by atoms with E-state index in [1.807, 2.05) is 12.3 Å². The Hall–Kier alpha value is -2.93. The second-order valence-electron chi connectivity index (χ2n) is 5.96. The number of nitrogens with zero attached hydrogens (tertiary/aromatic N) is 3. The molecule has 1 amide bonds. The van der Waals surface area contributed by atoms with E-state index in [2.05, 4.69) is 43.5 Å². The Labute approximate surface area is 139 Å². The van der Waals surface area contributed by atoms with Gasteiger partial charge in [0.2, 0.25) is 0 Å². The molecule has 7 nitrogen and oxygen atoms in total. The zero-order valence-electron chi connectivity index (χ0n) is 13.3. The number of likely N-dealkylation sites (N-methyl/N-ethyl adjacent to an activating group) is 1. The SMILES string of the molecule is CN1CC=C(c2cnc3ccc(C(=O)Nc4cc[nH]n4)[nH]c2-3)CC1. The maximum absolute atomic E-state index is 12.4. The van der Waals surface area contributed by atoms with Crippen LogP contribution in [0.1, 0.15) is 22.5 Å². The summed E-state index contributed by atoms with van der Waals surface area (Å²) in [6.45, 7) is 1.96. The number of hydrogen-bond donors (Lipinski definition) is 3. The fraction of sp³-hybridized carbons (Fsp3) is 0.235. The summed E-state index contributed by atoms with van der Waals surface area (Å²) >= 11 is 0. The van der Waals surface area contributed by atoms with Crippen LogP contribution in [0.3, 0.4) is 0 Å². The highest BCUT2D eigenvalue weighted by atomic mass is 16.1. The second-order valence-corrected chi connectivity index (χ2v) is 5.96. The summed E-state index contributed by atoms with van der Waals surface area (Å²) in [4.78, 5) is 22.3. The maximum Gasteiger partial charge on any atom is 0.273 e. The van der Waals surface area contributed by atoms with Crippen LogP contribution in [0.15, 0.2) is 36.7 Å². The molecule has 0 aromatic carbocycles. The van der Waals surface area contributed by atoms with E-state index in [1.165, 1.54) is 5.57 Å². The molecule has 3 N–H and O–H groups in total. The number of anilines is 1. The monoisotopic (exact) mass is 322 g/mol. The minimum Gasteiger partial charge on any atom is -0.349 e. The topological polar surface area (TPSA) is 89.7 Å². The lowest BCUT2D eigenvalue weighted by atomic mass is 9.99. The van der Waals surface area contributed by atoms with Gasteiger partial charge in [0.15, 0.2) is 5.82 Å². The van der Waals surface area contributed by atoms with Crippen LogP contribution in [0.25, 0.3) is 17.0 Å². The van der Waals surface area contributed by atoms with E-state index in [4.69, 9.17) is 0 Å². The average Bonchev–Trinajstić information content (AvgIpc) is 3.24. The Kier molecular flexibility index (Phi) is 3.62. The van der Waals surface area contributed by atoms with Gasteiger partial charge in [-0.15, -0.1) is 0 Å². The van der Waals surface area contributed by atoms with Crippen molar-refractivity contribution in [3.8, 4) is 11.4 Å². The minimum absolute atomic E-state index is 0.228. The highest BCUT2D eigenvalue weighted by Crippen LogP contribution is 2.32. The zero-order chi connectivity index (χ0) is 16.5. The largest absolute Gasteiger partial charge is 0.349 e. The standard InChI is InChI=1S/C17H18N6O/c1-23-8-5-11(6-9-23)12-10-18-13-2-3-14(20-16(12)13)17(24)21-15-4-7-19-22-15/h2-5,7,10,20H,6,8-9H2,1H3,(H2,19,21,22,24). The Bertz CT molecular complexity index is 863. The quantitative estimate of drug-likeness (QED) is 0.689. The molecule has 122 valence electrons. The molecule has 24 heavy (non-hydrogen) atoms. The van der Waals surface area contributed by atoms with Crippen LogP contribution < -0.4 is 5.32 Å². The van der Waals surface area contributed by atoms with Gasteiger partial charge in [-0.1, -0.05) is 6.08 Å². The van der Waals surface area contributed by atoms with Gasteiger partial charge in [-0.05, 0) is 31.2 Å². The highest BCUT2D eigenvalue weighted by molar-refractivity contribution is 6.03. The summed E-state index contributed by atoms with van der Waals surface area (Å²) in [5.74, 6) is 0.265. The second kappa shape index (κ2) is 5.93. The van der Waals surface area contributed by atoms with Gasteiger partial charge in [-0.25, -0.2) is 0 Å². The number of carbonyl (C=O) groups excluding carboxylic acids is 1. The molecule has 7 heteroatoms. The Morgan fingerprint density at radius 2 is 2.25 bits per heavy atom. The van der Waals surface area contributed by atoms with Gasteiger partial charge in [0.1, 0.15) is 5.69 Å². The third kappa shape index (κ3) is 2.69. The first-order valence-electron chi connectivity index (χ1n) is 7.87. The van der Waals surface area contributed by atoms with E-state index in [-0.39, 0.29) is 5.91 Å². The number of rotatable bonds is 3. The molecule has 3 aliphatic heterocycles. The first kappa shape index (κ1) is 14.6. The summed E-state index contributed by atoms with van der Waals surface area (Å²) in [5.41, 5.74) is 4.60. The molecule has 0 aliphatic carbocycles. The minimum atomic E-state index is -0.228. The van der Waals surface area contributed by atoms with E-state index >= 15 is 0 Å². The lowest BCUT2D eigenvalue weighted by Gasteiger charge is -2.22. The van der Waals surface area contributed by atoms with Crippen LogP contribution in [0.4, 0.5) is 5.82 Å². The molecule has 0 saturated heterocycles. The van der Waals surface area contributed by atoms with Crippen molar-refractivity contribution in [2.45, 2.75) is 6.42 Å². The van der Waals surface area contributed by atoms with Crippen LogP contribution in [-0.4, -0.2) is 51.1 Å². The van der Waals surface area contributed by atoms with E-state index in [1.54, 1.807) is 18.3 Å². The van der Waals surface area contributed by atoms with Crippen molar-refractivity contribution in [2.75, 3.05) is 25.5 Å². The van der Waals surface area contributed by atoms with Crippen molar-refractivity contribution in [3.05, 3.63) is 47.9 Å². The molecule has 4 rings (SSSR count). The lowest BCUT2D eigenvalue weighted by molar-refractivity contribution is 0.102. The van der Waals surface area contributed by atoms with Gasteiger partial charge in [0.25, 0.3) is 5.91 Å². The molecule has 0 unspecified atom stereocenters. The first-order valence-corrected chi connectivity index (χ1v) is 7.87. The Balaban J connectivity index is 1.65. The first-order chi connectivity index (χ1) is 11.7. The van der Waals surface area contributed by atoms with Gasteiger partial charge < -0.3 is 15.2 Å². The van der Waals surface area contributed by atoms with Crippen LogP contribution in [0, 0.1) is 0 Å². The van der Waals surface area contributed by atoms with E-state index in [9.17, 15) is 4.79 Å². The summed E-state index contributed by atoms with van der Waals surface area (Å²) in [5, 5.41) is 9.35. The van der Waals surface area contributed by atoms with Crippen molar-refractivity contribution in [1.29, 1.82) is 0 Å². The fourth-order valence-corrected chi connectivity index (χ4v) is 2.90. The average molecular weight is 322 g/mol. The summed E-state index contributed by atoms with van der Waals surface area (Å²) in [6, 6.07) is 5.31. The van der Waals surface area contributed by atoms with Gasteiger partial charge >= 0.3 is 0 Å². The van der Waals surface area contributed by atoms with Crippen LogP contribution in [0.5, 0.6) is 0 Å². The Morgan fingerprint density at radius 3 is 3.00 bits per heavy atom. The predicted octanol–water partition coefficient (Wildman–Crippen LogP) is 2.21. The van der Waals surface area contributed by atoms with Crippen molar-refractivity contribution >= 4 is 17.3 Å². The number of aromatic amines is 2. The van der Waals surface area contributed by atoms with E-state index < -0.39 is 0 Å². The Morgan fingerprint density at radius 1 is 1.33 bits per heavy atom. The van der Waals surface area contributed by atoms with Crippen molar-refractivity contribution in [2.24, 2.45) is 0 Å². The molecular weight excluding hydrogens is 304 g/mol. The molecule has 0 saturated carbocycles. The van der Waals surface area contributed by atoms with Crippen molar-refractivity contribution in [1.82, 2.24) is 25.1 Å². The predicted molar refractivity (Wildman–Crippen MR) is 91.8 cm³/mol. The molecule has 0 radical (unpaired) electrons. The number of fused-ring (bicyclic) bond motifs is 1. The normalized spacial score (nSPS) is 15.5. The summed E-state index contributed by atoms with van der Waals surface area (Å²) in [6.07, 6.45) is 6.75. The number of H-pyrrole nitrogens is 2. The third-order valence-electron chi connectivity index (χ3n) is 4.27. The maximum atomic E-state index is 12.4. The molecule has 4 heterocycles. The summed E-state index contributed by atoms with van der Waals surface area (Å²) in [7, 11) is 2.11. The number of hydrogen-bond acceptors (Lipinski definition) is 4. The fourth-order valence-electron chi connectivity index (χ4n) is 2.90. The number of pyridine rings is 1. The summed E-state index contributed by atoms with van der Waals surface area (Å²) < 4.78 is 0. The third-order valence-corrected chi connectivity index (χ3v) is 4.27. The smallest absolute Gasteiger partial charge is 0.273 e. The van der Waals surface area contributed by atoms with Gasteiger partial charge in [0.05, 0.1) is 11.4 Å². The van der Waals surface area contributed by atoms with Crippen LogP contribution in [-0.2, 0) is 0 Å². The van der Waals surface area contributed by atoms with E-state index in [0.717, 1.165) is 36.5 Å². The van der Waals surface area contributed by atoms with Gasteiger partial charge in [-0.2, -0.15) is 5.10 Å².